The van der Waals surface area contributed by atoms with Gasteiger partial charge in [0, 0.05) is 7.05 Å². The first-order valence-corrected chi connectivity index (χ1v) is 8.17. The van der Waals surface area contributed by atoms with Crippen molar-refractivity contribution in [2.45, 2.75) is 24.8 Å². The lowest BCUT2D eigenvalue weighted by Gasteiger charge is -2.15. The summed E-state index contributed by atoms with van der Waals surface area (Å²) in [5.41, 5.74) is 1.84. The molecule has 0 spiro atoms. The maximum absolute atomic E-state index is 12.2. The van der Waals surface area contributed by atoms with Crippen LogP contribution in [0.25, 0.3) is 0 Å². The molecule has 1 amide bonds. The van der Waals surface area contributed by atoms with Crippen molar-refractivity contribution >= 4 is 15.9 Å². The van der Waals surface area contributed by atoms with E-state index in [1.807, 2.05) is 0 Å². The second kappa shape index (κ2) is 5.90. The SMILES string of the molecule is Cc1cc(C(=O)N[C@@H](C)c2cccc(S(N)(=O)=O)c2)n(C)n1. The molecule has 8 heteroatoms. The quantitative estimate of drug-likeness (QED) is 0.870. The number of hydrogen-bond donors (Lipinski definition) is 2. The molecule has 2 rings (SSSR count). The Morgan fingerprint density at radius 1 is 1.36 bits per heavy atom. The van der Waals surface area contributed by atoms with Crippen molar-refractivity contribution in [3.63, 3.8) is 0 Å². The van der Waals surface area contributed by atoms with E-state index < -0.39 is 10.0 Å². The number of rotatable bonds is 4. The third-order valence-electron chi connectivity index (χ3n) is 3.27. The molecule has 0 saturated carbocycles. The molecule has 3 N–H and O–H groups in total. The summed E-state index contributed by atoms with van der Waals surface area (Å²) in [7, 11) is -2.08. The molecule has 0 aliphatic rings. The molecule has 0 radical (unpaired) electrons. The van der Waals surface area contributed by atoms with Gasteiger partial charge in [-0.15, -0.1) is 0 Å². The smallest absolute Gasteiger partial charge is 0.270 e. The van der Waals surface area contributed by atoms with Crippen molar-refractivity contribution in [2.75, 3.05) is 0 Å². The van der Waals surface area contributed by atoms with Gasteiger partial charge in [-0.05, 0) is 37.6 Å². The number of carbonyl (C=O) groups is 1. The number of nitrogens with zero attached hydrogens (tertiary/aromatic N) is 2. The van der Waals surface area contributed by atoms with E-state index in [9.17, 15) is 13.2 Å². The molecular weight excluding hydrogens is 304 g/mol. The third kappa shape index (κ3) is 3.52. The van der Waals surface area contributed by atoms with Gasteiger partial charge in [-0.1, -0.05) is 12.1 Å². The van der Waals surface area contributed by atoms with Gasteiger partial charge in [0.2, 0.25) is 10.0 Å². The Labute approximate surface area is 129 Å². The largest absolute Gasteiger partial charge is 0.344 e. The zero-order valence-corrected chi connectivity index (χ0v) is 13.4. The van der Waals surface area contributed by atoms with Crippen LogP contribution in [0.2, 0.25) is 0 Å². The van der Waals surface area contributed by atoms with Gasteiger partial charge in [0.15, 0.2) is 0 Å². The van der Waals surface area contributed by atoms with Gasteiger partial charge in [0.25, 0.3) is 5.91 Å². The number of primary sulfonamides is 1. The average Bonchev–Trinajstić information content (AvgIpc) is 2.77. The predicted molar refractivity (Wildman–Crippen MR) is 81.6 cm³/mol. The van der Waals surface area contributed by atoms with Crippen molar-refractivity contribution in [1.82, 2.24) is 15.1 Å². The molecule has 0 bridgehead atoms. The van der Waals surface area contributed by atoms with E-state index >= 15 is 0 Å². The second-order valence-corrected chi connectivity index (χ2v) is 6.67. The van der Waals surface area contributed by atoms with Gasteiger partial charge in [-0.3, -0.25) is 9.48 Å². The van der Waals surface area contributed by atoms with Crippen LogP contribution in [0.15, 0.2) is 35.2 Å². The van der Waals surface area contributed by atoms with Gasteiger partial charge in [-0.2, -0.15) is 5.10 Å². The Bertz CT molecular complexity index is 811. The van der Waals surface area contributed by atoms with E-state index in [4.69, 9.17) is 5.14 Å². The van der Waals surface area contributed by atoms with Crippen LogP contribution in [0.1, 0.15) is 34.7 Å². The molecule has 1 aromatic heterocycles. The first kappa shape index (κ1) is 16.2. The Morgan fingerprint density at radius 2 is 2.05 bits per heavy atom. The lowest BCUT2D eigenvalue weighted by atomic mass is 10.1. The molecule has 0 aliphatic carbocycles. The number of amides is 1. The summed E-state index contributed by atoms with van der Waals surface area (Å²) >= 11 is 0. The third-order valence-corrected chi connectivity index (χ3v) is 4.18. The number of nitrogens with two attached hydrogens (primary N) is 1. The van der Waals surface area contributed by atoms with Crippen LogP contribution in [0.5, 0.6) is 0 Å². The molecule has 2 aromatic rings. The number of sulfonamides is 1. The van der Waals surface area contributed by atoms with Crippen LogP contribution in [-0.2, 0) is 17.1 Å². The molecule has 22 heavy (non-hydrogen) atoms. The molecule has 1 heterocycles. The normalized spacial score (nSPS) is 12.9. The number of hydrogen-bond acceptors (Lipinski definition) is 4. The maximum atomic E-state index is 12.2. The molecular formula is C14H18N4O3S. The van der Waals surface area contributed by atoms with E-state index in [0.717, 1.165) is 5.69 Å². The van der Waals surface area contributed by atoms with E-state index in [1.165, 1.54) is 16.8 Å². The lowest BCUT2D eigenvalue weighted by Crippen LogP contribution is -2.28. The van der Waals surface area contributed by atoms with Crippen LogP contribution < -0.4 is 10.5 Å². The minimum absolute atomic E-state index is 0.0162. The topological polar surface area (TPSA) is 107 Å². The Hall–Kier alpha value is -2.19. The van der Waals surface area contributed by atoms with Gasteiger partial charge in [0.05, 0.1) is 16.6 Å². The highest BCUT2D eigenvalue weighted by Gasteiger charge is 2.17. The fourth-order valence-corrected chi connectivity index (χ4v) is 2.71. The van der Waals surface area contributed by atoms with Crippen LogP contribution in [0.3, 0.4) is 0 Å². The Kier molecular flexibility index (Phi) is 4.34. The van der Waals surface area contributed by atoms with Crippen LogP contribution in [0, 0.1) is 6.92 Å². The predicted octanol–water partition coefficient (Wildman–Crippen LogP) is 0.867. The number of benzene rings is 1. The Balaban J connectivity index is 2.21. The molecule has 1 atom stereocenters. The Morgan fingerprint density at radius 3 is 2.59 bits per heavy atom. The first-order valence-electron chi connectivity index (χ1n) is 6.63. The lowest BCUT2D eigenvalue weighted by molar-refractivity contribution is 0.0930. The molecule has 0 saturated heterocycles. The summed E-state index contributed by atoms with van der Waals surface area (Å²) in [6.45, 7) is 3.57. The number of aromatic nitrogens is 2. The maximum Gasteiger partial charge on any atom is 0.270 e. The second-order valence-electron chi connectivity index (χ2n) is 5.11. The van der Waals surface area contributed by atoms with E-state index in [1.54, 1.807) is 39.1 Å². The summed E-state index contributed by atoms with van der Waals surface area (Å²) in [5, 5.41) is 12.0. The molecule has 0 aliphatic heterocycles. The van der Waals surface area contributed by atoms with Crippen LogP contribution in [0.4, 0.5) is 0 Å². The summed E-state index contributed by atoms with van der Waals surface area (Å²) in [4.78, 5) is 12.2. The van der Waals surface area contributed by atoms with Crippen molar-refractivity contribution < 1.29 is 13.2 Å². The zero-order chi connectivity index (χ0) is 16.5. The molecule has 118 valence electrons. The fourth-order valence-electron chi connectivity index (χ4n) is 2.14. The van der Waals surface area contributed by atoms with Crippen molar-refractivity contribution in [3.8, 4) is 0 Å². The minimum Gasteiger partial charge on any atom is -0.344 e. The zero-order valence-electron chi connectivity index (χ0n) is 12.6. The van der Waals surface area contributed by atoms with Crippen LogP contribution >= 0.6 is 0 Å². The van der Waals surface area contributed by atoms with E-state index in [2.05, 4.69) is 10.4 Å². The van der Waals surface area contributed by atoms with Gasteiger partial charge < -0.3 is 5.32 Å². The first-order chi connectivity index (χ1) is 10.2. The van der Waals surface area contributed by atoms with Gasteiger partial charge in [-0.25, -0.2) is 13.6 Å². The van der Waals surface area contributed by atoms with Crippen molar-refractivity contribution in [3.05, 3.63) is 47.3 Å². The van der Waals surface area contributed by atoms with Gasteiger partial charge in [0.1, 0.15) is 5.69 Å². The summed E-state index contributed by atoms with van der Waals surface area (Å²) in [6.07, 6.45) is 0. The summed E-state index contributed by atoms with van der Waals surface area (Å²) in [6, 6.07) is 7.50. The molecule has 7 nitrogen and oxygen atoms in total. The molecule has 0 unspecified atom stereocenters. The average molecular weight is 322 g/mol. The highest BCUT2D eigenvalue weighted by molar-refractivity contribution is 7.89. The monoisotopic (exact) mass is 322 g/mol. The van der Waals surface area contributed by atoms with Crippen molar-refractivity contribution in [1.29, 1.82) is 0 Å². The van der Waals surface area contributed by atoms with E-state index in [0.29, 0.717) is 11.3 Å². The van der Waals surface area contributed by atoms with E-state index in [-0.39, 0.29) is 16.8 Å². The minimum atomic E-state index is -3.77. The highest BCUT2D eigenvalue weighted by Crippen LogP contribution is 2.17. The number of nitrogens with one attached hydrogen (secondary N) is 1. The summed E-state index contributed by atoms with van der Waals surface area (Å²) < 4.78 is 24.3. The number of carbonyl (C=O) groups excluding carboxylic acids is 1. The van der Waals surface area contributed by atoms with Gasteiger partial charge >= 0.3 is 0 Å². The van der Waals surface area contributed by atoms with Crippen molar-refractivity contribution in [2.24, 2.45) is 12.2 Å². The fraction of sp³-hybridized carbons (Fsp3) is 0.286. The number of aryl methyl sites for hydroxylation is 2. The molecule has 1 aromatic carbocycles. The highest BCUT2D eigenvalue weighted by atomic mass is 32.2. The summed E-state index contributed by atoms with van der Waals surface area (Å²) in [5.74, 6) is -0.281. The standard InChI is InChI=1S/C14H18N4O3S/c1-9-7-13(18(3)17-9)14(19)16-10(2)11-5-4-6-12(8-11)22(15,20)21/h4-8,10H,1-3H3,(H,16,19)(H2,15,20,21)/t10-/m0/s1. The molecule has 0 fully saturated rings. The van der Waals surface area contributed by atoms with Crippen LogP contribution in [-0.4, -0.2) is 24.1 Å².